The van der Waals surface area contributed by atoms with E-state index in [-0.39, 0.29) is 17.3 Å². The minimum Gasteiger partial charge on any atom is -0.494 e. The van der Waals surface area contributed by atoms with Gasteiger partial charge in [-0.2, -0.15) is 0 Å². The molecule has 1 amide bonds. The van der Waals surface area contributed by atoms with E-state index in [1.807, 2.05) is 0 Å². The quantitative estimate of drug-likeness (QED) is 0.500. The van der Waals surface area contributed by atoms with Crippen molar-refractivity contribution in [2.75, 3.05) is 25.2 Å². The number of sulfone groups is 1. The number of methoxy groups -OCH3 is 1. The molecule has 1 saturated heterocycles. The Morgan fingerprint density at radius 3 is 2.64 bits per heavy atom. The van der Waals surface area contributed by atoms with E-state index in [1.54, 1.807) is 13.0 Å². The van der Waals surface area contributed by atoms with Crippen LogP contribution in [0, 0.1) is 5.82 Å². The Labute approximate surface area is 164 Å². The number of nitrogens with zero attached hydrogens (tertiary/aromatic N) is 1. The van der Waals surface area contributed by atoms with Crippen molar-refractivity contribution in [1.82, 2.24) is 4.90 Å². The lowest BCUT2D eigenvalue weighted by Gasteiger charge is -2.29. The zero-order chi connectivity index (χ0) is 20.9. The molecule has 0 unspecified atom stereocenters. The number of esters is 1. The van der Waals surface area contributed by atoms with Gasteiger partial charge in [0.2, 0.25) is 0 Å². The summed E-state index contributed by atoms with van der Waals surface area (Å²) in [7, 11) is -1.78. The molecule has 1 aliphatic heterocycles. The number of hydrogen-bond donors (Lipinski definition) is 0. The van der Waals surface area contributed by atoms with Crippen LogP contribution in [0.4, 0.5) is 4.39 Å². The maximum atomic E-state index is 13.7. The Bertz CT molecular complexity index is 867. The normalized spacial score (nSPS) is 19.4. The highest BCUT2D eigenvalue weighted by Crippen LogP contribution is 2.20. The molecule has 0 N–H and O–H groups in total. The fraction of sp³-hybridized carbons (Fsp3) is 0.474. The molecule has 1 aromatic carbocycles. The van der Waals surface area contributed by atoms with Crippen LogP contribution >= 0.6 is 0 Å². The van der Waals surface area contributed by atoms with Gasteiger partial charge in [0, 0.05) is 18.7 Å². The van der Waals surface area contributed by atoms with E-state index in [4.69, 9.17) is 9.47 Å². The van der Waals surface area contributed by atoms with Crippen LogP contribution in [0.2, 0.25) is 0 Å². The van der Waals surface area contributed by atoms with Crippen molar-refractivity contribution in [2.45, 2.75) is 32.4 Å². The van der Waals surface area contributed by atoms with Crippen molar-refractivity contribution < 1.29 is 31.9 Å². The highest BCUT2D eigenvalue weighted by atomic mass is 32.2. The van der Waals surface area contributed by atoms with Gasteiger partial charge in [0.25, 0.3) is 5.91 Å². The summed E-state index contributed by atoms with van der Waals surface area (Å²) in [6.07, 6.45) is 1.78. The van der Waals surface area contributed by atoms with Crippen LogP contribution in [0.5, 0.6) is 5.75 Å². The lowest BCUT2D eigenvalue weighted by molar-refractivity contribution is -0.156. The van der Waals surface area contributed by atoms with Gasteiger partial charge in [-0.25, -0.2) is 17.6 Å². The molecule has 0 radical (unpaired) electrons. The van der Waals surface area contributed by atoms with E-state index in [2.05, 4.69) is 0 Å². The molecule has 9 heteroatoms. The third-order valence-electron chi connectivity index (χ3n) is 4.50. The smallest absolute Gasteiger partial charge is 0.331 e. The zero-order valence-corrected chi connectivity index (χ0v) is 16.9. The van der Waals surface area contributed by atoms with Crippen LogP contribution in [0.3, 0.4) is 0 Å². The maximum Gasteiger partial charge on any atom is 0.331 e. The molecule has 1 aliphatic rings. The Morgan fingerprint density at radius 1 is 1.39 bits per heavy atom. The zero-order valence-electron chi connectivity index (χ0n) is 16.1. The van der Waals surface area contributed by atoms with E-state index in [0.717, 1.165) is 6.08 Å². The molecule has 28 heavy (non-hydrogen) atoms. The average Bonchev–Trinajstić information content (AvgIpc) is 3.00. The van der Waals surface area contributed by atoms with Gasteiger partial charge in [0.1, 0.15) is 0 Å². The van der Waals surface area contributed by atoms with Gasteiger partial charge in [-0.15, -0.1) is 0 Å². The minimum absolute atomic E-state index is 0.0524. The van der Waals surface area contributed by atoms with Crippen molar-refractivity contribution in [2.24, 2.45) is 0 Å². The van der Waals surface area contributed by atoms with Gasteiger partial charge >= 0.3 is 5.97 Å². The monoisotopic (exact) mass is 413 g/mol. The summed E-state index contributed by atoms with van der Waals surface area (Å²) >= 11 is 0. The topological polar surface area (TPSA) is 90.0 Å². The van der Waals surface area contributed by atoms with Gasteiger partial charge in [-0.05, 0) is 44.0 Å². The predicted molar refractivity (Wildman–Crippen MR) is 102 cm³/mol. The van der Waals surface area contributed by atoms with E-state index < -0.39 is 39.7 Å². The summed E-state index contributed by atoms with van der Waals surface area (Å²) in [4.78, 5) is 26.0. The van der Waals surface area contributed by atoms with Crippen LogP contribution in [-0.4, -0.2) is 62.5 Å². The standard InChI is InChI=1S/C19H24FNO6S/c1-4-21(15-9-10-28(24,25)12-15)19(23)13(2)27-18(22)8-6-14-5-7-17(26-3)16(20)11-14/h5-8,11,13,15H,4,9-10,12H2,1-3H3/b8-6+/t13-,15+/m1/s1. The fourth-order valence-corrected chi connectivity index (χ4v) is 4.79. The minimum atomic E-state index is -3.13. The number of halogens is 1. The van der Waals surface area contributed by atoms with Gasteiger partial charge in [-0.1, -0.05) is 6.07 Å². The van der Waals surface area contributed by atoms with Crippen LogP contribution in [-0.2, 0) is 24.2 Å². The van der Waals surface area contributed by atoms with Crippen molar-refractivity contribution in [3.05, 3.63) is 35.7 Å². The van der Waals surface area contributed by atoms with Crippen LogP contribution in [0.15, 0.2) is 24.3 Å². The molecular formula is C19H24FNO6S. The molecule has 0 aromatic heterocycles. The highest BCUT2D eigenvalue weighted by Gasteiger charge is 2.36. The molecule has 0 bridgehead atoms. The molecule has 7 nitrogen and oxygen atoms in total. The lowest BCUT2D eigenvalue weighted by atomic mass is 10.2. The van der Waals surface area contributed by atoms with E-state index in [0.29, 0.717) is 18.5 Å². The predicted octanol–water partition coefficient (Wildman–Crippen LogP) is 1.81. The summed E-state index contributed by atoms with van der Waals surface area (Å²) in [5, 5.41) is 0. The van der Waals surface area contributed by atoms with Crippen molar-refractivity contribution in [1.29, 1.82) is 0 Å². The first kappa shape index (κ1) is 21.9. The van der Waals surface area contributed by atoms with Crippen molar-refractivity contribution in [3.8, 4) is 5.75 Å². The van der Waals surface area contributed by atoms with Crippen molar-refractivity contribution in [3.63, 3.8) is 0 Å². The number of hydrogen-bond acceptors (Lipinski definition) is 6. The molecule has 2 atom stereocenters. The second-order valence-electron chi connectivity index (χ2n) is 6.49. The Hall–Kier alpha value is -2.42. The first-order valence-corrected chi connectivity index (χ1v) is 10.7. The fourth-order valence-electron chi connectivity index (χ4n) is 3.06. The van der Waals surface area contributed by atoms with Crippen molar-refractivity contribution >= 4 is 27.8 Å². The van der Waals surface area contributed by atoms with Gasteiger partial charge in [0.15, 0.2) is 27.5 Å². The second kappa shape index (κ2) is 9.18. The van der Waals surface area contributed by atoms with Crippen LogP contribution < -0.4 is 4.74 Å². The number of carbonyl (C=O) groups excluding carboxylic acids is 2. The van der Waals surface area contributed by atoms with Gasteiger partial charge < -0.3 is 14.4 Å². The van der Waals surface area contributed by atoms with Gasteiger partial charge in [0.05, 0.1) is 18.6 Å². The summed E-state index contributed by atoms with van der Waals surface area (Å²) in [5.41, 5.74) is 0.431. The third-order valence-corrected chi connectivity index (χ3v) is 6.25. The molecule has 1 aromatic rings. The molecule has 0 aliphatic carbocycles. The van der Waals surface area contributed by atoms with E-state index in [1.165, 1.54) is 37.1 Å². The SMILES string of the molecule is CCN(C(=O)[C@@H](C)OC(=O)/C=C/c1ccc(OC)c(F)c1)[C@H]1CCS(=O)(=O)C1. The molecule has 0 saturated carbocycles. The maximum absolute atomic E-state index is 13.7. The first-order valence-electron chi connectivity index (χ1n) is 8.90. The molecule has 1 fully saturated rings. The number of likely N-dealkylation sites (N-methyl/N-ethyl adjacent to an activating group) is 1. The lowest BCUT2D eigenvalue weighted by Crippen LogP contribution is -2.46. The van der Waals surface area contributed by atoms with Crippen LogP contribution in [0.25, 0.3) is 6.08 Å². The van der Waals surface area contributed by atoms with Crippen LogP contribution in [0.1, 0.15) is 25.8 Å². The second-order valence-corrected chi connectivity index (χ2v) is 8.72. The summed E-state index contributed by atoms with van der Waals surface area (Å²) in [6.45, 7) is 3.50. The molecule has 0 spiro atoms. The number of benzene rings is 1. The van der Waals surface area contributed by atoms with E-state index >= 15 is 0 Å². The average molecular weight is 413 g/mol. The molecular weight excluding hydrogens is 389 g/mol. The molecule has 2 rings (SSSR count). The molecule has 1 heterocycles. The summed E-state index contributed by atoms with van der Waals surface area (Å²) in [5.74, 6) is -1.69. The number of rotatable bonds is 7. The largest absolute Gasteiger partial charge is 0.494 e. The first-order chi connectivity index (χ1) is 13.2. The Morgan fingerprint density at radius 2 is 2.11 bits per heavy atom. The Kier molecular flexibility index (Phi) is 7.17. The summed E-state index contributed by atoms with van der Waals surface area (Å²) in [6, 6.07) is 3.80. The third kappa shape index (κ3) is 5.54. The van der Waals surface area contributed by atoms with E-state index in [9.17, 15) is 22.4 Å². The number of amides is 1. The molecule has 154 valence electrons. The number of carbonyl (C=O) groups is 2. The highest BCUT2D eigenvalue weighted by molar-refractivity contribution is 7.91. The Balaban J connectivity index is 1.96. The van der Waals surface area contributed by atoms with Gasteiger partial charge in [-0.3, -0.25) is 4.79 Å². The number of ether oxygens (including phenoxy) is 2. The summed E-state index contributed by atoms with van der Waals surface area (Å²) < 4.78 is 46.9.